The number of methoxy groups -OCH3 is 1. The van der Waals surface area contributed by atoms with Gasteiger partial charge in [0.1, 0.15) is 17.3 Å². The van der Waals surface area contributed by atoms with E-state index in [4.69, 9.17) is 4.74 Å². The molecule has 0 atom stereocenters. The van der Waals surface area contributed by atoms with Crippen molar-refractivity contribution in [2.24, 2.45) is 0 Å². The number of amides is 1. The van der Waals surface area contributed by atoms with Crippen LogP contribution in [0, 0.1) is 11.6 Å². The second-order valence-corrected chi connectivity index (χ2v) is 6.67. The van der Waals surface area contributed by atoms with Crippen LogP contribution in [0.1, 0.15) is 6.42 Å². The molecule has 0 radical (unpaired) electrons. The summed E-state index contributed by atoms with van der Waals surface area (Å²) in [7, 11) is 1.59. The molecule has 4 rings (SSSR count). The summed E-state index contributed by atoms with van der Waals surface area (Å²) in [4.78, 5) is 21.0. The fraction of sp³-hybridized carbons (Fsp3) is 0.136. The molecule has 2 aromatic carbocycles. The first-order valence-corrected chi connectivity index (χ1v) is 9.51. The van der Waals surface area contributed by atoms with Crippen molar-refractivity contribution in [2.45, 2.75) is 6.42 Å². The van der Waals surface area contributed by atoms with Gasteiger partial charge in [0.2, 0.25) is 5.91 Å². The predicted octanol–water partition coefficient (Wildman–Crippen LogP) is 4.12. The second kappa shape index (κ2) is 8.78. The summed E-state index contributed by atoms with van der Waals surface area (Å²) in [6, 6.07) is 10.7. The van der Waals surface area contributed by atoms with Crippen molar-refractivity contribution in [2.75, 3.05) is 24.3 Å². The van der Waals surface area contributed by atoms with Crippen LogP contribution in [0.4, 0.5) is 20.3 Å². The summed E-state index contributed by atoms with van der Waals surface area (Å²) >= 11 is 0. The van der Waals surface area contributed by atoms with Gasteiger partial charge in [-0.2, -0.15) is 0 Å². The standard InChI is InChI=1S/C22H19F2N5O2/c1-31-18-5-3-2-4-15(18)21-22(29-11-10-25-13-19(29)28-21)26-9-8-20(30)27-14-6-7-16(23)17(24)12-14/h2-7,10-13,26H,8-9H2,1H3,(H,27,30). The number of nitrogens with one attached hydrogen (secondary N) is 2. The number of imidazole rings is 1. The molecule has 158 valence electrons. The van der Waals surface area contributed by atoms with Crippen LogP contribution in [0.25, 0.3) is 16.9 Å². The SMILES string of the molecule is COc1ccccc1-c1nc2cnccn2c1NCCC(=O)Nc1ccc(F)c(F)c1. The molecule has 7 nitrogen and oxygen atoms in total. The van der Waals surface area contributed by atoms with Crippen LogP contribution in [0.15, 0.2) is 61.1 Å². The highest BCUT2D eigenvalue weighted by molar-refractivity contribution is 5.91. The number of anilines is 2. The summed E-state index contributed by atoms with van der Waals surface area (Å²) in [5.74, 6) is -0.976. The number of fused-ring (bicyclic) bond motifs is 1. The van der Waals surface area contributed by atoms with Gasteiger partial charge in [-0.3, -0.25) is 14.2 Å². The van der Waals surface area contributed by atoms with Gasteiger partial charge in [0.05, 0.1) is 13.3 Å². The Labute approximate surface area is 176 Å². The Morgan fingerprint density at radius 1 is 1.16 bits per heavy atom. The Balaban J connectivity index is 1.53. The number of nitrogens with zero attached hydrogens (tertiary/aromatic N) is 3. The van der Waals surface area contributed by atoms with Crippen LogP contribution in [-0.2, 0) is 4.79 Å². The molecule has 0 aliphatic rings. The van der Waals surface area contributed by atoms with Gasteiger partial charge in [0, 0.05) is 42.7 Å². The van der Waals surface area contributed by atoms with E-state index in [9.17, 15) is 13.6 Å². The zero-order valence-corrected chi connectivity index (χ0v) is 16.6. The van der Waals surface area contributed by atoms with E-state index >= 15 is 0 Å². The van der Waals surface area contributed by atoms with Crippen molar-refractivity contribution in [1.82, 2.24) is 14.4 Å². The van der Waals surface area contributed by atoms with Crippen LogP contribution in [0.3, 0.4) is 0 Å². The number of hydrogen-bond donors (Lipinski definition) is 2. The molecule has 0 unspecified atom stereocenters. The van der Waals surface area contributed by atoms with Crippen molar-refractivity contribution >= 4 is 23.1 Å². The normalized spacial score (nSPS) is 10.8. The number of hydrogen-bond acceptors (Lipinski definition) is 5. The summed E-state index contributed by atoms with van der Waals surface area (Å²) in [5, 5.41) is 5.80. The van der Waals surface area contributed by atoms with Crippen molar-refractivity contribution in [3.8, 4) is 17.0 Å². The highest BCUT2D eigenvalue weighted by Gasteiger charge is 2.17. The molecule has 0 spiro atoms. The Morgan fingerprint density at radius 3 is 2.81 bits per heavy atom. The third kappa shape index (κ3) is 4.30. The smallest absolute Gasteiger partial charge is 0.226 e. The molecule has 0 saturated carbocycles. The van der Waals surface area contributed by atoms with Crippen LogP contribution in [-0.4, -0.2) is 33.9 Å². The Bertz CT molecular complexity index is 1240. The van der Waals surface area contributed by atoms with Crippen molar-refractivity contribution < 1.29 is 18.3 Å². The molecule has 2 aromatic heterocycles. The third-order valence-electron chi connectivity index (χ3n) is 4.64. The van der Waals surface area contributed by atoms with E-state index in [-0.39, 0.29) is 24.6 Å². The lowest BCUT2D eigenvalue weighted by Gasteiger charge is -2.11. The minimum atomic E-state index is -1.02. The van der Waals surface area contributed by atoms with Crippen LogP contribution in [0.2, 0.25) is 0 Å². The average Bonchev–Trinajstić information content (AvgIpc) is 3.15. The van der Waals surface area contributed by atoms with Crippen molar-refractivity contribution in [3.05, 3.63) is 72.7 Å². The van der Waals surface area contributed by atoms with Crippen LogP contribution >= 0.6 is 0 Å². The number of rotatable bonds is 7. The lowest BCUT2D eigenvalue weighted by atomic mass is 10.1. The molecular weight excluding hydrogens is 404 g/mol. The molecule has 2 N–H and O–H groups in total. The molecule has 0 saturated heterocycles. The summed E-state index contributed by atoms with van der Waals surface area (Å²) in [5.41, 5.74) is 2.28. The fourth-order valence-electron chi connectivity index (χ4n) is 3.20. The number of carbonyl (C=O) groups excluding carboxylic acids is 1. The number of carbonyl (C=O) groups is 1. The van der Waals surface area contributed by atoms with Gasteiger partial charge in [-0.05, 0) is 24.3 Å². The first-order chi connectivity index (χ1) is 15.1. The van der Waals surface area contributed by atoms with E-state index in [2.05, 4.69) is 20.6 Å². The molecular formula is C22H19F2N5O2. The summed E-state index contributed by atoms with van der Waals surface area (Å²) in [6.07, 6.45) is 5.15. The lowest BCUT2D eigenvalue weighted by Crippen LogP contribution is -2.17. The molecule has 0 fully saturated rings. The summed E-state index contributed by atoms with van der Waals surface area (Å²) < 4.78 is 33.7. The second-order valence-electron chi connectivity index (χ2n) is 6.67. The topological polar surface area (TPSA) is 80.6 Å². The van der Waals surface area contributed by atoms with E-state index in [1.807, 2.05) is 28.7 Å². The molecule has 0 aliphatic carbocycles. The molecule has 0 aliphatic heterocycles. The molecule has 31 heavy (non-hydrogen) atoms. The molecule has 9 heteroatoms. The quantitative estimate of drug-likeness (QED) is 0.467. The van der Waals surface area contributed by atoms with Gasteiger partial charge >= 0.3 is 0 Å². The van der Waals surface area contributed by atoms with E-state index in [1.54, 1.807) is 25.7 Å². The summed E-state index contributed by atoms with van der Waals surface area (Å²) in [6.45, 7) is 0.285. The molecule has 2 heterocycles. The number of para-hydroxylation sites is 1. The minimum Gasteiger partial charge on any atom is -0.496 e. The monoisotopic (exact) mass is 423 g/mol. The zero-order valence-electron chi connectivity index (χ0n) is 16.6. The Hall–Kier alpha value is -4.01. The number of ether oxygens (including phenoxy) is 1. The van der Waals surface area contributed by atoms with Gasteiger partial charge in [0.25, 0.3) is 0 Å². The zero-order chi connectivity index (χ0) is 21.8. The molecule has 4 aromatic rings. The van der Waals surface area contributed by atoms with E-state index in [1.165, 1.54) is 6.07 Å². The fourth-order valence-corrected chi connectivity index (χ4v) is 3.20. The number of aromatic nitrogens is 3. The van der Waals surface area contributed by atoms with Crippen LogP contribution in [0.5, 0.6) is 5.75 Å². The Morgan fingerprint density at radius 2 is 2.00 bits per heavy atom. The van der Waals surface area contributed by atoms with Gasteiger partial charge in [-0.25, -0.2) is 13.8 Å². The van der Waals surface area contributed by atoms with Gasteiger partial charge < -0.3 is 15.4 Å². The number of benzene rings is 2. The molecule has 1 amide bonds. The maximum atomic E-state index is 13.3. The third-order valence-corrected chi connectivity index (χ3v) is 4.64. The van der Waals surface area contributed by atoms with Crippen LogP contribution < -0.4 is 15.4 Å². The highest BCUT2D eigenvalue weighted by atomic mass is 19.2. The van der Waals surface area contributed by atoms with Gasteiger partial charge in [0.15, 0.2) is 17.3 Å². The largest absolute Gasteiger partial charge is 0.496 e. The lowest BCUT2D eigenvalue weighted by molar-refractivity contribution is -0.115. The highest BCUT2D eigenvalue weighted by Crippen LogP contribution is 2.34. The van der Waals surface area contributed by atoms with E-state index < -0.39 is 11.6 Å². The van der Waals surface area contributed by atoms with Crippen molar-refractivity contribution in [1.29, 1.82) is 0 Å². The number of halogens is 2. The minimum absolute atomic E-state index is 0.0999. The first kappa shape index (κ1) is 20.3. The predicted molar refractivity (Wildman–Crippen MR) is 113 cm³/mol. The maximum Gasteiger partial charge on any atom is 0.226 e. The average molecular weight is 423 g/mol. The van der Waals surface area contributed by atoms with E-state index in [0.29, 0.717) is 22.9 Å². The maximum absolute atomic E-state index is 13.3. The van der Waals surface area contributed by atoms with Gasteiger partial charge in [-0.1, -0.05) is 12.1 Å². The first-order valence-electron chi connectivity index (χ1n) is 9.51. The van der Waals surface area contributed by atoms with Gasteiger partial charge in [-0.15, -0.1) is 0 Å². The molecule has 0 bridgehead atoms. The Kier molecular flexibility index (Phi) is 5.74. The van der Waals surface area contributed by atoms with Crippen molar-refractivity contribution in [3.63, 3.8) is 0 Å². The van der Waals surface area contributed by atoms with E-state index in [0.717, 1.165) is 17.7 Å².